The summed E-state index contributed by atoms with van der Waals surface area (Å²) in [7, 11) is 0. The minimum atomic E-state index is 0.379. The molecule has 0 bridgehead atoms. The van der Waals surface area contributed by atoms with Gasteiger partial charge in [0.25, 0.3) is 0 Å². The van der Waals surface area contributed by atoms with Crippen LogP contribution in [-0.2, 0) is 0 Å². The van der Waals surface area contributed by atoms with Gasteiger partial charge < -0.3 is 10.2 Å². The first-order valence-corrected chi connectivity index (χ1v) is 7.96. The third-order valence-electron chi connectivity index (χ3n) is 4.12. The maximum atomic E-state index is 4.39. The van der Waals surface area contributed by atoms with Crippen molar-refractivity contribution in [2.75, 3.05) is 19.6 Å². The molecule has 2 atom stereocenters. The summed E-state index contributed by atoms with van der Waals surface area (Å²) in [6.07, 6.45) is 4.54. The van der Waals surface area contributed by atoms with Crippen molar-refractivity contribution in [2.24, 2.45) is 5.92 Å². The van der Waals surface area contributed by atoms with Crippen molar-refractivity contribution in [2.45, 2.75) is 45.7 Å². The molecule has 0 radical (unpaired) electrons. The highest BCUT2D eigenvalue weighted by Crippen LogP contribution is 2.23. The average molecular weight is 267 g/mol. The second-order valence-corrected chi connectivity index (χ2v) is 6.25. The summed E-state index contributed by atoms with van der Waals surface area (Å²) in [6.45, 7) is 10.5. The Labute approximate surface area is 115 Å². The topological polar surface area (TPSA) is 28.2 Å². The smallest absolute Gasteiger partial charge is 0.109 e. The van der Waals surface area contributed by atoms with Crippen LogP contribution in [0.5, 0.6) is 0 Å². The van der Waals surface area contributed by atoms with Crippen molar-refractivity contribution < 1.29 is 0 Å². The second-order valence-electron chi connectivity index (χ2n) is 5.32. The van der Waals surface area contributed by atoms with E-state index < -0.39 is 0 Å². The molecule has 1 aromatic rings. The molecule has 1 fully saturated rings. The van der Waals surface area contributed by atoms with E-state index in [1.807, 2.05) is 6.20 Å². The van der Waals surface area contributed by atoms with Crippen molar-refractivity contribution in [3.63, 3.8) is 0 Å². The molecule has 2 rings (SSSR count). The molecule has 0 aliphatic carbocycles. The third kappa shape index (κ3) is 3.53. The SMILES string of the molecule is CCN1CCC(C(C)NC(C)c2nccs2)CC1. The molecule has 0 saturated carbocycles. The number of nitrogens with one attached hydrogen (secondary N) is 1. The fourth-order valence-electron chi connectivity index (χ4n) is 2.82. The van der Waals surface area contributed by atoms with E-state index >= 15 is 0 Å². The van der Waals surface area contributed by atoms with E-state index in [1.165, 1.54) is 37.5 Å². The van der Waals surface area contributed by atoms with Gasteiger partial charge >= 0.3 is 0 Å². The average Bonchev–Trinajstić information content (AvgIpc) is 2.92. The normalized spacial score (nSPS) is 21.9. The quantitative estimate of drug-likeness (QED) is 0.889. The summed E-state index contributed by atoms with van der Waals surface area (Å²) in [5, 5.41) is 6.97. The van der Waals surface area contributed by atoms with Crippen LogP contribution in [0.15, 0.2) is 11.6 Å². The van der Waals surface area contributed by atoms with Crippen molar-refractivity contribution >= 4 is 11.3 Å². The molecule has 1 aliphatic heterocycles. The lowest BCUT2D eigenvalue weighted by Gasteiger charge is -2.35. The number of hydrogen-bond acceptors (Lipinski definition) is 4. The molecule has 1 N–H and O–H groups in total. The standard InChI is InChI=1S/C14H25N3S/c1-4-17-8-5-13(6-9-17)11(2)16-12(3)14-15-7-10-18-14/h7,10-13,16H,4-6,8-9H2,1-3H3. The zero-order valence-electron chi connectivity index (χ0n) is 11.7. The van der Waals surface area contributed by atoms with E-state index in [1.54, 1.807) is 11.3 Å². The van der Waals surface area contributed by atoms with Gasteiger partial charge in [0, 0.05) is 17.6 Å². The van der Waals surface area contributed by atoms with Crippen LogP contribution in [0, 0.1) is 5.92 Å². The first-order chi connectivity index (χ1) is 8.70. The van der Waals surface area contributed by atoms with Gasteiger partial charge in [0.05, 0.1) is 6.04 Å². The van der Waals surface area contributed by atoms with Crippen molar-refractivity contribution in [3.05, 3.63) is 16.6 Å². The number of aromatic nitrogens is 1. The third-order valence-corrected chi connectivity index (χ3v) is 5.08. The first-order valence-electron chi connectivity index (χ1n) is 7.08. The molecule has 4 heteroatoms. The summed E-state index contributed by atoms with van der Waals surface area (Å²) in [5.41, 5.74) is 0. The van der Waals surface area contributed by atoms with E-state index in [9.17, 15) is 0 Å². The van der Waals surface area contributed by atoms with Crippen molar-refractivity contribution in [1.29, 1.82) is 0 Å². The van der Waals surface area contributed by atoms with Crippen LogP contribution in [0.1, 0.15) is 44.7 Å². The first kappa shape index (κ1) is 14.0. The van der Waals surface area contributed by atoms with E-state index in [-0.39, 0.29) is 0 Å². The fraction of sp³-hybridized carbons (Fsp3) is 0.786. The summed E-state index contributed by atoms with van der Waals surface area (Å²) in [4.78, 5) is 6.94. The predicted molar refractivity (Wildman–Crippen MR) is 78.0 cm³/mol. The largest absolute Gasteiger partial charge is 0.305 e. The Hall–Kier alpha value is -0.450. The van der Waals surface area contributed by atoms with Gasteiger partial charge in [-0.3, -0.25) is 0 Å². The Balaban J connectivity index is 1.80. The maximum Gasteiger partial charge on any atom is 0.109 e. The van der Waals surface area contributed by atoms with Gasteiger partial charge in [0.2, 0.25) is 0 Å². The van der Waals surface area contributed by atoms with Crippen LogP contribution < -0.4 is 5.32 Å². The molecule has 1 aliphatic rings. The molecular weight excluding hydrogens is 242 g/mol. The molecule has 0 amide bonds. The summed E-state index contributed by atoms with van der Waals surface area (Å²) in [6, 6.07) is 0.965. The summed E-state index contributed by atoms with van der Waals surface area (Å²) < 4.78 is 0. The molecule has 2 unspecified atom stereocenters. The highest BCUT2D eigenvalue weighted by atomic mass is 32.1. The van der Waals surface area contributed by atoms with Crippen LogP contribution in [-0.4, -0.2) is 35.6 Å². The zero-order valence-corrected chi connectivity index (χ0v) is 12.5. The number of piperidine rings is 1. The van der Waals surface area contributed by atoms with E-state index in [0.717, 1.165) is 5.92 Å². The molecule has 2 heterocycles. The zero-order chi connectivity index (χ0) is 13.0. The maximum absolute atomic E-state index is 4.39. The second kappa shape index (κ2) is 6.64. The number of likely N-dealkylation sites (tertiary alicyclic amines) is 1. The number of hydrogen-bond donors (Lipinski definition) is 1. The number of thiazole rings is 1. The van der Waals surface area contributed by atoms with E-state index in [4.69, 9.17) is 0 Å². The fourth-order valence-corrected chi connectivity index (χ4v) is 3.47. The summed E-state index contributed by atoms with van der Waals surface area (Å²) in [5.74, 6) is 0.815. The minimum absolute atomic E-state index is 0.379. The van der Waals surface area contributed by atoms with E-state index in [0.29, 0.717) is 12.1 Å². The Morgan fingerprint density at radius 1 is 1.44 bits per heavy atom. The Morgan fingerprint density at radius 2 is 2.17 bits per heavy atom. The van der Waals surface area contributed by atoms with Crippen LogP contribution in [0.2, 0.25) is 0 Å². The van der Waals surface area contributed by atoms with Gasteiger partial charge in [-0.25, -0.2) is 4.98 Å². The Morgan fingerprint density at radius 3 is 2.72 bits per heavy atom. The molecule has 0 spiro atoms. The summed E-state index contributed by atoms with van der Waals surface area (Å²) >= 11 is 1.74. The highest BCUT2D eigenvalue weighted by molar-refractivity contribution is 7.09. The Bertz CT molecular complexity index is 331. The van der Waals surface area contributed by atoms with Gasteiger partial charge in [0.1, 0.15) is 5.01 Å². The monoisotopic (exact) mass is 267 g/mol. The van der Waals surface area contributed by atoms with Crippen molar-refractivity contribution in [1.82, 2.24) is 15.2 Å². The number of nitrogens with zero attached hydrogens (tertiary/aromatic N) is 2. The molecule has 0 aromatic carbocycles. The highest BCUT2D eigenvalue weighted by Gasteiger charge is 2.24. The predicted octanol–water partition coefficient (Wildman–Crippen LogP) is 2.91. The lowest BCUT2D eigenvalue weighted by molar-refractivity contribution is 0.165. The van der Waals surface area contributed by atoms with Crippen LogP contribution in [0.3, 0.4) is 0 Å². The minimum Gasteiger partial charge on any atom is -0.305 e. The number of rotatable bonds is 5. The molecule has 3 nitrogen and oxygen atoms in total. The van der Waals surface area contributed by atoms with Gasteiger partial charge in [-0.05, 0) is 52.2 Å². The van der Waals surface area contributed by atoms with Crippen LogP contribution in [0.25, 0.3) is 0 Å². The van der Waals surface area contributed by atoms with Crippen molar-refractivity contribution in [3.8, 4) is 0 Å². The van der Waals surface area contributed by atoms with Gasteiger partial charge in [-0.2, -0.15) is 0 Å². The van der Waals surface area contributed by atoms with Gasteiger partial charge in [0.15, 0.2) is 0 Å². The molecule has 102 valence electrons. The van der Waals surface area contributed by atoms with Crippen LogP contribution >= 0.6 is 11.3 Å². The van der Waals surface area contributed by atoms with Gasteiger partial charge in [-0.1, -0.05) is 6.92 Å². The molecular formula is C14H25N3S. The Kier molecular flexibility index (Phi) is 5.15. The van der Waals surface area contributed by atoms with Crippen LogP contribution in [0.4, 0.5) is 0 Å². The molecule has 1 aromatic heterocycles. The molecule has 1 saturated heterocycles. The lowest BCUT2D eigenvalue weighted by Crippen LogP contribution is -2.42. The van der Waals surface area contributed by atoms with E-state index in [2.05, 4.69) is 41.4 Å². The van der Waals surface area contributed by atoms with Gasteiger partial charge in [-0.15, -0.1) is 11.3 Å². The molecule has 18 heavy (non-hydrogen) atoms. The lowest BCUT2D eigenvalue weighted by atomic mass is 9.90.